The second-order valence-electron chi connectivity index (χ2n) is 11.3. The Morgan fingerprint density at radius 2 is 1.85 bits per heavy atom. The summed E-state index contributed by atoms with van der Waals surface area (Å²) < 4.78 is 47.5. The van der Waals surface area contributed by atoms with Crippen molar-refractivity contribution in [3.63, 3.8) is 0 Å². The first-order valence-electron chi connectivity index (χ1n) is 14.2. The fourth-order valence-electron chi connectivity index (χ4n) is 5.47. The molecule has 2 N–H and O–H groups in total. The van der Waals surface area contributed by atoms with Crippen LogP contribution in [0.3, 0.4) is 0 Å². The van der Waals surface area contributed by atoms with Gasteiger partial charge in [0.15, 0.2) is 0 Å². The number of hydrogen-bond donors (Lipinski definition) is 2. The molecule has 0 unspecified atom stereocenters. The topological polar surface area (TPSA) is 116 Å². The molecule has 1 saturated carbocycles. The smallest absolute Gasteiger partial charge is 0.242 e. The van der Waals surface area contributed by atoms with E-state index in [0.29, 0.717) is 17.0 Å². The van der Waals surface area contributed by atoms with E-state index in [4.69, 9.17) is 4.74 Å². The minimum absolute atomic E-state index is 0.00400. The van der Waals surface area contributed by atoms with Crippen molar-refractivity contribution in [2.45, 2.75) is 69.4 Å². The third-order valence-corrected chi connectivity index (χ3v) is 9.96. The zero-order valence-corrected chi connectivity index (χ0v) is 24.7. The molecule has 2 aromatic carbocycles. The van der Waals surface area contributed by atoms with Crippen molar-refractivity contribution in [3.05, 3.63) is 53.8 Å². The number of likely N-dealkylation sites (N-methyl/N-ethyl adjacent to an activating group) is 1. The number of halogens is 1. The van der Waals surface area contributed by atoms with Crippen LogP contribution in [0, 0.1) is 17.7 Å². The minimum Gasteiger partial charge on any atom is -0.488 e. The molecular formula is C30H40FN3O6S. The first-order valence-corrected chi connectivity index (χ1v) is 15.7. The molecule has 11 heteroatoms. The van der Waals surface area contributed by atoms with Gasteiger partial charge in [-0.15, -0.1) is 0 Å². The van der Waals surface area contributed by atoms with Gasteiger partial charge in [0.2, 0.25) is 21.8 Å². The lowest BCUT2D eigenvalue weighted by Gasteiger charge is -2.33. The Labute approximate surface area is 241 Å². The van der Waals surface area contributed by atoms with Crippen LogP contribution in [0.15, 0.2) is 47.4 Å². The quantitative estimate of drug-likeness (QED) is 0.484. The standard InChI is InChI=1S/C30H40FN3O6S/c1-20-17-34(21(2)19-35)29(36)16-23-15-25(32-30(37)22-7-5-4-6-8-22)11-14-27(23)40-28(20)18-33(3)41(38,39)26-12-9-24(31)10-13-26/h9-15,20-22,28,35H,4-8,16-19H2,1-3H3,(H,32,37)/t20-,21-,28+/m1/s1. The third-order valence-electron chi connectivity index (χ3n) is 8.12. The Morgan fingerprint density at radius 3 is 2.51 bits per heavy atom. The van der Waals surface area contributed by atoms with Gasteiger partial charge in [-0.05, 0) is 62.2 Å². The van der Waals surface area contributed by atoms with Crippen LogP contribution >= 0.6 is 0 Å². The summed E-state index contributed by atoms with van der Waals surface area (Å²) in [4.78, 5) is 27.9. The van der Waals surface area contributed by atoms with Crippen LogP contribution in [0.25, 0.3) is 0 Å². The van der Waals surface area contributed by atoms with Crippen molar-refractivity contribution in [1.82, 2.24) is 9.21 Å². The fraction of sp³-hybridized carbons (Fsp3) is 0.533. The molecule has 0 radical (unpaired) electrons. The Balaban J connectivity index is 1.62. The van der Waals surface area contributed by atoms with Crippen LogP contribution in [0.1, 0.15) is 51.5 Å². The number of amides is 2. The number of sulfonamides is 1. The number of nitrogens with one attached hydrogen (secondary N) is 1. The van der Waals surface area contributed by atoms with E-state index in [1.807, 2.05) is 6.92 Å². The van der Waals surface area contributed by atoms with Gasteiger partial charge in [-0.1, -0.05) is 26.2 Å². The fourth-order valence-corrected chi connectivity index (χ4v) is 6.66. The number of aliphatic hydroxyl groups excluding tert-OH is 1. The molecule has 3 atom stereocenters. The van der Waals surface area contributed by atoms with Gasteiger partial charge in [-0.25, -0.2) is 12.8 Å². The van der Waals surface area contributed by atoms with E-state index in [1.54, 1.807) is 30.0 Å². The van der Waals surface area contributed by atoms with Crippen LogP contribution in [0.5, 0.6) is 5.75 Å². The van der Waals surface area contributed by atoms with Gasteiger partial charge < -0.3 is 20.1 Å². The number of nitrogens with zero attached hydrogens (tertiary/aromatic N) is 2. The van der Waals surface area contributed by atoms with Gasteiger partial charge in [-0.3, -0.25) is 9.59 Å². The molecule has 9 nitrogen and oxygen atoms in total. The Morgan fingerprint density at radius 1 is 1.17 bits per heavy atom. The normalized spacial score (nSPS) is 21.3. The van der Waals surface area contributed by atoms with Crippen molar-refractivity contribution in [2.24, 2.45) is 11.8 Å². The molecule has 0 saturated heterocycles. The molecule has 0 spiro atoms. The van der Waals surface area contributed by atoms with Gasteiger partial charge in [0.25, 0.3) is 0 Å². The molecule has 224 valence electrons. The molecule has 0 bridgehead atoms. The average molecular weight is 590 g/mol. The molecule has 2 amide bonds. The number of anilines is 1. The second kappa shape index (κ2) is 13.3. The van der Waals surface area contributed by atoms with Crippen LogP contribution in [0.4, 0.5) is 10.1 Å². The minimum atomic E-state index is -3.94. The van der Waals surface area contributed by atoms with Gasteiger partial charge in [0, 0.05) is 36.7 Å². The van der Waals surface area contributed by atoms with Crippen molar-refractivity contribution in [3.8, 4) is 5.75 Å². The maximum atomic E-state index is 13.4. The number of hydrogen-bond acceptors (Lipinski definition) is 6. The highest BCUT2D eigenvalue weighted by Crippen LogP contribution is 2.31. The summed E-state index contributed by atoms with van der Waals surface area (Å²) in [6, 6.07) is 9.35. The molecule has 41 heavy (non-hydrogen) atoms. The van der Waals surface area contributed by atoms with Crippen LogP contribution in [-0.4, -0.2) is 73.4 Å². The predicted octanol–water partition coefficient (Wildman–Crippen LogP) is 3.81. The number of fused-ring (bicyclic) bond motifs is 1. The SMILES string of the molecule is C[C@@H]1CN([C@H](C)CO)C(=O)Cc2cc(NC(=O)C3CCCCC3)ccc2O[C@H]1CN(C)S(=O)(=O)c1ccc(F)cc1. The number of carbonyl (C=O) groups excluding carboxylic acids is 2. The van der Waals surface area contributed by atoms with E-state index in [0.717, 1.165) is 44.2 Å². The molecule has 2 aliphatic rings. The van der Waals surface area contributed by atoms with Crippen LogP contribution in [-0.2, 0) is 26.0 Å². The second-order valence-corrected chi connectivity index (χ2v) is 13.3. The van der Waals surface area contributed by atoms with E-state index in [2.05, 4.69) is 5.32 Å². The van der Waals surface area contributed by atoms with E-state index < -0.39 is 28.0 Å². The summed E-state index contributed by atoms with van der Waals surface area (Å²) in [7, 11) is -2.51. The summed E-state index contributed by atoms with van der Waals surface area (Å²) in [5.41, 5.74) is 1.13. The van der Waals surface area contributed by atoms with Crippen molar-refractivity contribution in [1.29, 1.82) is 0 Å². The predicted molar refractivity (Wildman–Crippen MR) is 153 cm³/mol. The zero-order chi connectivity index (χ0) is 29.7. The zero-order valence-electron chi connectivity index (χ0n) is 23.9. The lowest BCUT2D eigenvalue weighted by Crippen LogP contribution is -2.48. The number of benzene rings is 2. The van der Waals surface area contributed by atoms with E-state index in [1.165, 1.54) is 23.5 Å². The molecule has 1 aliphatic heterocycles. The van der Waals surface area contributed by atoms with Gasteiger partial charge in [0.1, 0.15) is 17.7 Å². The molecule has 0 aromatic heterocycles. The number of carbonyl (C=O) groups is 2. The highest BCUT2D eigenvalue weighted by atomic mass is 32.2. The Hall–Kier alpha value is -3.02. The lowest BCUT2D eigenvalue weighted by atomic mass is 9.88. The summed E-state index contributed by atoms with van der Waals surface area (Å²) in [6.45, 7) is 3.61. The molecule has 2 aromatic rings. The van der Waals surface area contributed by atoms with Crippen molar-refractivity contribution in [2.75, 3.05) is 32.1 Å². The first kappa shape index (κ1) is 30.9. The highest BCUT2D eigenvalue weighted by Gasteiger charge is 2.33. The molecular weight excluding hydrogens is 549 g/mol. The molecule has 1 aliphatic carbocycles. The Kier molecular flexibility index (Phi) is 10.0. The van der Waals surface area contributed by atoms with E-state index in [9.17, 15) is 27.5 Å². The molecule has 1 fully saturated rings. The number of aliphatic hydroxyl groups is 1. The lowest BCUT2D eigenvalue weighted by molar-refractivity contribution is -0.134. The average Bonchev–Trinajstić information content (AvgIpc) is 3.00. The van der Waals surface area contributed by atoms with Gasteiger partial charge >= 0.3 is 0 Å². The number of rotatable bonds is 8. The van der Waals surface area contributed by atoms with Gasteiger partial charge in [0.05, 0.1) is 30.5 Å². The maximum Gasteiger partial charge on any atom is 0.242 e. The third kappa shape index (κ3) is 7.44. The summed E-state index contributed by atoms with van der Waals surface area (Å²) in [5.74, 6) is -0.681. The van der Waals surface area contributed by atoms with Crippen molar-refractivity contribution < 1.29 is 32.2 Å². The molecule has 1 heterocycles. The monoisotopic (exact) mass is 589 g/mol. The molecule has 4 rings (SSSR count). The van der Waals surface area contributed by atoms with E-state index in [-0.39, 0.29) is 54.7 Å². The van der Waals surface area contributed by atoms with Crippen molar-refractivity contribution >= 4 is 27.5 Å². The summed E-state index contributed by atoms with van der Waals surface area (Å²) in [5, 5.41) is 12.9. The largest absolute Gasteiger partial charge is 0.488 e. The Bertz CT molecular complexity index is 1330. The van der Waals surface area contributed by atoms with Crippen LogP contribution < -0.4 is 10.1 Å². The number of ether oxygens (including phenoxy) is 1. The maximum absolute atomic E-state index is 13.4. The first-order chi connectivity index (χ1) is 19.5. The summed E-state index contributed by atoms with van der Waals surface area (Å²) in [6.07, 6.45) is 4.28. The van der Waals surface area contributed by atoms with Gasteiger partial charge in [-0.2, -0.15) is 4.31 Å². The summed E-state index contributed by atoms with van der Waals surface area (Å²) >= 11 is 0. The highest BCUT2D eigenvalue weighted by molar-refractivity contribution is 7.89. The van der Waals surface area contributed by atoms with Crippen LogP contribution in [0.2, 0.25) is 0 Å². The van der Waals surface area contributed by atoms with E-state index >= 15 is 0 Å².